The summed E-state index contributed by atoms with van der Waals surface area (Å²) in [6, 6.07) is 0.407. The third-order valence-electron chi connectivity index (χ3n) is 3.86. The van der Waals surface area contributed by atoms with Gasteiger partial charge in [0.2, 0.25) is 0 Å². The lowest BCUT2D eigenvalue weighted by molar-refractivity contribution is 0.0264. The summed E-state index contributed by atoms with van der Waals surface area (Å²) in [5.74, 6) is 0.438. The molecule has 0 bridgehead atoms. The van der Waals surface area contributed by atoms with Crippen molar-refractivity contribution in [3.05, 3.63) is 0 Å². The summed E-state index contributed by atoms with van der Waals surface area (Å²) in [5.41, 5.74) is -0.455. The molecule has 1 rings (SSSR count). The standard InChI is InChI=1S/C16H32N2O4/c1-16(2,3)22-15(19)18-9-12-7-6-8-14(12)17-10-13(21-5)11-20-4/h12-14,17H,6-11H2,1-5H3,(H,18,19). The fourth-order valence-corrected chi connectivity index (χ4v) is 2.76. The summed E-state index contributed by atoms with van der Waals surface area (Å²) < 4.78 is 15.8. The average Bonchev–Trinajstić information content (AvgIpc) is 2.86. The topological polar surface area (TPSA) is 68.8 Å². The second-order valence-electron chi connectivity index (χ2n) is 6.90. The van der Waals surface area contributed by atoms with Gasteiger partial charge in [-0.15, -0.1) is 0 Å². The van der Waals surface area contributed by atoms with Gasteiger partial charge in [-0.1, -0.05) is 6.42 Å². The van der Waals surface area contributed by atoms with Gasteiger partial charge in [-0.05, 0) is 39.5 Å². The van der Waals surface area contributed by atoms with E-state index in [1.54, 1.807) is 14.2 Å². The fourth-order valence-electron chi connectivity index (χ4n) is 2.76. The van der Waals surface area contributed by atoms with Crippen molar-refractivity contribution in [2.75, 3.05) is 33.9 Å². The number of nitrogens with one attached hydrogen (secondary N) is 2. The van der Waals surface area contributed by atoms with Gasteiger partial charge in [0.25, 0.3) is 0 Å². The molecule has 3 atom stereocenters. The molecule has 6 heteroatoms. The lowest BCUT2D eigenvalue weighted by Gasteiger charge is -2.25. The summed E-state index contributed by atoms with van der Waals surface area (Å²) >= 11 is 0. The molecule has 0 aliphatic heterocycles. The van der Waals surface area contributed by atoms with Gasteiger partial charge in [0.15, 0.2) is 0 Å². The maximum Gasteiger partial charge on any atom is 0.407 e. The van der Waals surface area contributed by atoms with E-state index in [-0.39, 0.29) is 12.2 Å². The summed E-state index contributed by atoms with van der Waals surface area (Å²) in [5, 5.41) is 6.42. The maximum atomic E-state index is 11.7. The minimum absolute atomic E-state index is 0.0602. The predicted octanol–water partition coefficient (Wildman–Crippen LogP) is 1.93. The van der Waals surface area contributed by atoms with Crippen molar-refractivity contribution in [3.8, 4) is 0 Å². The van der Waals surface area contributed by atoms with Crippen LogP contribution < -0.4 is 10.6 Å². The Labute approximate surface area is 134 Å². The highest BCUT2D eigenvalue weighted by molar-refractivity contribution is 5.67. The highest BCUT2D eigenvalue weighted by Crippen LogP contribution is 2.25. The number of rotatable bonds is 8. The van der Waals surface area contributed by atoms with E-state index in [0.29, 0.717) is 25.1 Å². The van der Waals surface area contributed by atoms with Crippen molar-refractivity contribution in [1.82, 2.24) is 10.6 Å². The van der Waals surface area contributed by atoms with E-state index in [2.05, 4.69) is 10.6 Å². The van der Waals surface area contributed by atoms with E-state index in [1.165, 1.54) is 6.42 Å². The number of ether oxygens (including phenoxy) is 3. The van der Waals surface area contributed by atoms with Crippen LogP contribution in [0.1, 0.15) is 40.0 Å². The molecule has 2 N–H and O–H groups in total. The van der Waals surface area contributed by atoms with Gasteiger partial charge in [-0.3, -0.25) is 0 Å². The zero-order chi connectivity index (χ0) is 16.6. The van der Waals surface area contributed by atoms with Crippen molar-refractivity contribution >= 4 is 6.09 Å². The molecular weight excluding hydrogens is 284 g/mol. The Balaban J connectivity index is 2.32. The second-order valence-corrected chi connectivity index (χ2v) is 6.90. The molecule has 0 radical (unpaired) electrons. The number of amides is 1. The Kier molecular flexibility index (Phi) is 8.14. The van der Waals surface area contributed by atoms with Crippen LogP contribution in [0.25, 0.3) is 0 Å². The lowest BCUT2D eigenvalue weighted by atomic mass is 10.0. The molecule has 0 saturated heterocycles. The molecule has 0 aromatic heterocycles. The molecule has 0 spiro atoms. The van der Waals surface area contributed by atoms with Gasteiger partial charge in [-0.2, -0.15) is 0 Å². The first-order chi connectivity index (χ1) is 10.4. The van der Waals surface area contributed by atoms with Crippen LogP contribution in [0.5, 0.6) is 0 Å². The van der Waals surface area contributed by atoms with Crippen molar-refractivity contribution in [1.29, 1.82) is 0 Å². The predicted molar refractivity (Wildman–Crippen MR) is 86.0 cm³/mol. The number of carbonyl (C=O) groups excluding carboxylic acids is 1. The molecule has 1 aliphatic carbocycles. The first-order valence-corrected chi connectivity index (χ1v) is 8.07. The molecule has 0 heterocycles. The van der Waals surface area contributed by atoms with Crippen LogP contribution >= 0.6 is 0 Å². The van der Waals surface area contributed by atoms with Crippen molar-refractivity contribution in [2.45, 2.75) is 57.8 Å². The van der Waals surface area contributed by atoms with E-state index >= 15 is 0 Å². The van der Waals surface area contributed by atoms with Crippen LogP contribution in [0.3, 0.4) is 0 Å². The second kappa shape index (κ2) is 9.33. The van der Waals surface area contributed by atoms with Crippen molar-refractivity contribution < 1.29 is 19.0 Å². The number of alkyl carbamates (subject to hydrolysis) is 1. The zero-order valence-electron chi connectivity index (χ0n) is 14.6. The Morgan fingerprint density at radius 1 is 1.27 bits per heavy atom. The van der Waals surface area contributed by atoms with Crippen molar-refractivity contribution in [2.24, 2.45) is 5.92 Å². The smallest absolute Gasteiger partial charge is 0.407 e. The van der Waals surface area contributed by atoms with Crippen LogP contribution in [-0.2, 0) is 14.2 Å². The Bertz CT molecular complexity index is 331. The monoisotopic (exact) mass is 316 g/mol. The number of methoxy groups -OCH3 is 2. The van der Waals surface area contributed by atoms with Gasteiger partial charge in [0.05, 0.1) is 12.7 Å². The summed E-state index contributed by atoms with van der Waals surface area (Å²) in [7, 11) is 3.37. The largest absolute Gasteiger partial charge is 0.444 e. The van der Waals surface area contributed by atoms with Crippen LogP contribution in [0, 0.1) is 5.92 Å². The minimum atomic E-state index is -0.455. The zero-order valence-corrected chi connectivity index (χ0v) is 14.6. The lowest BCUT2D eigenvalue weighted by Crippen LogP contribution is -2.44. The van der Waals surface area contributed by atoms with Gasteiger partial charge in [-0.25, -0.2) is 4.79 Å². The maximum absolute atomic E-state index is 11.7. The van der Waals surface area contributed by atoms with Crippen LogP contribution in [-0.4, -0.2) is 57.8 Å². The first-order valence-electron chi connectivity index (χ1n) is 8.07. The number of carbonyl (C=O) groups is 1. The summed E-state index contributed by atoms with van der Waals surface area (Å²) in [4.78, 5) is 11.7. The Morgan fingerprint density at radius 3 is 2.59 bits per heavy atom. The van der Waals surface area contributed by atoms with Crippen LogP contribution in [0.4, 0.5) is 4.79 Å². The SMILES string of the molecule is COCC(CNC1CCCC1CNC(=O)OC(C)(C)C)OC. The first kappa shape index (κ1) is 19.2. The number of hydrogen-bond donors (Lipinski definition) is 2. The van der Waals surface area contributed by atoms with Gasteiger partial charge in [0, 0.05) is 33.4 Å². The highest BCUT2D eigenvalue weighted by atomic mass is 16.6. The minimum Gasteiger partial charge on any atom is -0.444 e. The van der Waals surface area contributed by atoms with Gasteiger partial charge >= 0.3 is 6.09 Å². The summed E-state index contributed by atoms with van der Waals surface area (Å²) in [6.45, 7) is 7.59. The third-order valence-corrected chi connectivity index (χ3v) is 3.86. The normalized spacial score (nSPS) is 23.3. The number of hydrogen-bond acceptors (Lipinski definition) is 5. The van der Waals surface area contributed by atoms with E-state index < -0.39 is 5.60 Å². The van der Waals surface area contributed by atoms with Crippen molar-refractivity contribution in [3.63, 3.8) is 0 Å². The highest BCUT2D eigenvalue weighted by Gasteiger charge is 2.28. The molecule has 1 aliphatic rings. The molecule has 6 nitrogen and oxygen atoms in total. The van der Waals surface area contributed by atoms with E-state index in [0.717, 1.165) is 19.4 Å². The van der Waals surface area contributed by atoms with Crippen LogP contribution in [0.2, 0.25) is 0 Å². The van der Waals surface area contributed by atoms with Gasteiger partial charge < -0.3 is 24.8 Å². The molecule has 0 aromatic rings. The van der Waals surface area contributed by atoms with E-state index in [4.69, 9.17) is 14.2 Å². The van der Waals surface area contributed by atoms with E-state index in [1.807, 2.05) is 20.8 Å². The third kappa shape index (κ3) is 7.42. The van der Waals surface area contributed by atoms with E-state index in [9.17, 15) is 4.79 Å². The van der Waals surface area contributed by atoms with Crippen LogP contribution in [0.15, 0.2) is 0 Å². The molecule has 1 amide bonds. The molecular formula is C16H32N2O4. The molecule has 3 unspecified atom stereocenters. The Hall–Kier alpha value is -0.850. The Morgan fingerprint density at radius 2 is 2.00 bits per heavy atom. The molecule has 130 valence electrons. The average molecular weight is 316 g/mol. The molecule has 22 heavy (non-hydrogen) atoms. The van der Waals surface area contributed by atoms with Gasteiger partial charge in [0.1, 0.15) is 5.60 Å². The summed E-state index contributed by atoms with van der Waals surface area (Å²) in [6.07, 6.45) is 3.15. The molecule has 1 saturated carbocycles. The molecule has 0 aromatic carbocycles. The molecule has 1 fully saturated rings. The quantitative estimate of drug-likeness (QED) is 0.716. The fraction of sp³-hybridized carbons (Fsp3) is 0.938.